The van der Waals surface area contributed by atoms with Gasteiger partial charge in [-0.05, 0) is 46.7 Å². The summed E-state index contributed by atoms with van der Waals surface area (Å²) in [5.74, 6) is 0.863. The van der Waals surface area contributed by atoms with Crippen molar-refractivity contribution < 1.29 is 14.3 Å². The molecule has 0 aromatic heterocycles. The zero-order valence-electron chi connectivity index (χ0n) is 12.7. The lowest BCUT2D eigenvalue weighted by atomic mass is 10.1. The van der Waals surface area contributed by atoms with Crippen LogP contribution >= 0.6 is 0 Å². The summed E-state index contributed by atoms with van der Waals surface area (Å²) in [5.41, 5.74) is 0.875. The Bertz CT molecular complexity index is 865. The van der Waals surface area contributed by atoms with Crippen LogP contribution < -0.4 is 9.47 Å². The molecule has 0 N–H and O–H groups in total. The van der Waals surface area contributed by atoms with E-state index < -0.39 is 5.97 Å². The van der Waals surface area contributed by atoms with E-state index in [0.29, 0.717) is 5.75 Å². The third-order valence-corrected chi connectivity index (χ3v) is 3.45. The Kier molecular flexibility index (Phi) is 4.39. The molecule has 114 valence electrons. The minimum absolute atomic E-state index is 0.414. The fourth-order valence-corrected chi connectivity index (χ4v) is 2.29. The summed E-state index contributed by atoms with van der Waals surface area (Å²) in [6.45, 7) is 0. The summed E-state index contributed by atoms with van der Waals surface area (Å²) in [6, 6.07) is 21.0. The standard InChI is InChI=1S/C20H16O3/c1-22-18-8-4-5-15(13-18)9-12-20(21)23-19-11-10-16-6-2-3-7-17(16)14-19/h2-14H,1H3/b12-9+. The van der Waals surface area contributed by atoms with Gasteiger partial charge in [0.15, 0.2) is 0 Å². The number of methoxy groups -OCH3 is 1. The first-order valence-electron chi connectivity index (χ1n) is 7.27. The van der Waals surface area contributed by atoms with Crippen molar-refractivity contribution in [3.05, 3.63) is 78.4 Å². The topological polar surface area (TPSA) is 35.5 Å². The zero-order chi connectivity index (χ0) is 16.1. The Morgan fingerprint density at radius 3 is 2.52 bits per heavy atom. The van der Waals surface area contributed by atoms with Crippen LogP contribution in [0.4, 0.5) is 0 Å². The number of hydrogen-bond donors (Lipinski definition) is 0. The van der Waals surface area contributed by atoms with Gasteiger partial charge in [-0.25, -0.2) is 4.79 Å². The highest BCUT2D eigenvalue weighted by Gasteiger charge is 2.02. The molecule has 23 heavy (non-hydrogen) atoms. The van der Waals surface area contributed by atoms with E-state index in [0.717, 1.165) is 22.1 Å². The molecular formula is C20H16O3. The predicted molar refractivity (Wildman–Crippen MR) is 91.6 cm³/mol. The van der Waals surface area contributed by atoms with Crippen LogP contribution in [0.1, 0.15) is 5.56 Å². The monoisotopic (exact) mass is 304 g/mol. The molecule has 0 atom stereocenters. The first kappa shape index (κ1) is 14.9. The summed E-state index contributed by atoms with van der Waals surface area (Å²) in [7, 11) is 1.61. The van der Waals surface area contributed by atoms with E-state index in [1.54, 1.807) is 19.3 Å². The van der Waals surface area contributed by atoms with Crippen molar-refractivity contribution in [1.29, 1.82) is 0 Å². The van der Waals surface area contributed by atoms with Crippen molar-refractivity contribution in [2.75, 3.05) is 7.11 Å². The summed E-state index contributed by atoms with van der Waals surface area (Å²) >= 11 is 0. The van der Waals surface area contributed by atoms with Crippen LogP contribution in [0.3, 0.4) is 0 Å². The van der Waals surface area contributed by atoms with Gasteiger partial charge in [0.1, 0.15) is 11.5 Å². The Hall–Kier alpha value is -3.07. The van der Waals surface area contributed by atoms with Crippen LogP contribution in [0.5, 0.6) is 11.5 Å². The van der Waals surface area contributed by atoms with Crippen LogP contribution in [0.15, 0.2) is 72.8 Å². The van der Waals surface area contributed by atoms with Crippen LogP contribution in [-0.4, -0.2) is 13.1 Å². The molecular weight excluding hydrogens is 288 g/mol. The number of ether oxygens (including phenoxy) is 2. The minimum atomic E-state index is -0.414. The molecule has 3 aromatic carbocycles. The van der Waals surface area contributed by atoms with Crippen LogP contribution in [0.25, 0.3) is 16.8 Å². The number of rotatable bonds is 4. The number of carbonyl (C=O) groups is 1. The van der Waals surface area contributed by atoms with Gasteiger partial charge in [0.05, 0.1) is 7.11 Å². The van der Waals surface area contributed by atoms with Crippen molar-refractivity contribution in [1.82, 2.24) is 0 Å². The van der Waals surface area contributed by atoms with Gasteiger partial charge < -0.3 is 9.47 Å². The van der Waals surface area contributed by atoms with E-state index in [2.05, 4.69) is 0 Å². The first-order valence-corrected chi connectivity index (χ1v) is 7.27. The second-order valence-electron chi connectivity index (χ2n) is 5.04. The van der Waals surface area contributed by atoms with Gasteiger partial charge in [-0.3, -0.25) is 0 Å². The third kappa shape index (κ3) is 3.77. The van der Waals surface area contributed by atoms with E-state index >= 15 is 0 Å². The number of benzene rings is 3. The van der Waals surface area contributed by atoms with Crippen molar-refractivity contribution in [3.8, 4) is 11.5 Å². The smallest absolute Gasteiger partial charge is 0.336 e. The predicted octanol–water partition coefficient (Wildman–Crippen LogP) is 4.47. The van der Waals surface area contributed by atoms with Crippen molar-refractivity contribution >= 4 is 22.8 Å². The molecule has 0 spiro atoms. The summed E-state index contributed by atoms with van der Waals surface area (Å²) < 4.78 is 10.5. The fraction of sp³-hybridized carbons (Fsp3) is 0.0500. The van der Waals surface area contributed by atoms with Gasteiger partial charge in [-0.1, -0.05) is 42.5 Å². The summed E-state index contributed by atoms with van der Waals surface area (Å²) in [6.07, 6.45) is 3.11. The van der Waals surface area contributed by atoms with E-state index in [4.69, 9.17) is 9.47 Å². The fourth-order valence-electron chi connectivity index (χ4n) is 2.29. The zero-order valence-corrected chi connectivity index (χ0v) is 12.7. The quantitative estimate of drug-likeness (QED) is 0.405. The molecule has 3 nitrogen and oxygen atoms in total. The molecule has 3 aromatic rings. The molecule has 0 saturated carbocycles. The Morgan fingerprint density at radius 2 is 1.70 bits per heavy atom. The second kappa shape index (κ2) is 6.79. The maximum Gasteiger partial charge on any atom is 0.336 e. The minimum Gasteiger partial charge on any atom is -0.497 e. The van der Waals surface area contributed by atoms with Crippen LogP contribution in [-0.2, 0) is 4.79 Å². The molecule has 0 fully saturated rings. The number of hydrogen-bond acceptors (Lipinski definition) is 3. The molecule has 0 aliphatic rings. The van der Waals surface area contributed by atoms with Crippen LogP contribution in [0, 0.1) is 0 Å². The average Bonchev–Trinajstić information content (AvgIpc) is 2.60. The highest BCUT2D eigenvalue weighted by Crippen LogP contribution is 2.21. The van der Waals surface area contributed by atoms with E-state index in [1.165, 1.54) is 6.08 Å². The maximum absolute atomic E-state index is 11.9. The molecule has 0 aliphatic heterocycles. The largest absolute Gasteiger partial charge is 0.497 e. The van der Waals surface area contributed by atoms with Gasteiger partial charge in [0.2, 0.25) is 0 Å². The first-order chi connectivity index (χ1) is 11.2. The number of carbonyl (C=O) groups excluding carboxylic acids is 1. The third-order valence-electron chi connectivity index (χ3n) is 3.45. The molecule has 0 bridgehead atoms. The highest BCUT2D eigenvalue weighted by atomic mass is 16.5. The normalized spacial score (nSPS) is 10.8. The lowest BCUT2D eigenvalue weighted by Gasteiger charge is -2.03. The van der Waals surface area contributed by atoms with Gasteiger partial charge in [0, 0.05) is 6.08 Å². The van der Waals surface area contributed by atoms with E-state index in [9.17, 15) is 4.79 Å². The molecule has 0 amide bonds. The second-order valence-corrected chi connectivity index (χ2v) is 5.04. The Morgan fingerprint density at radius 1 is 0.870 bits per heavy atom. The van der Waals surface area contributed by atoms with Gasteiger partial charge in [0.25, 0.3) is 0 Å². The highest BCUT2D eigenvalue weighted by molar-refractivity contribution is 5.90. The molecule has 3 rings (SSSR count). The molecule has 0 unspecified atom stereocenters. The SMILES string of the molecule is COc1cccc(/C=C/C(=O)Oc2ccc3ccccc3c2)c1. The van der Waals surface area contributed by atoms with Crippen molar-refractivity contribution in [2.45, 2.75) is 0 Å². The van der Waals surface area contributed by atoms with E-state index in [1.807, 2.05) is 60.7 Å². The molecule has 0 radical (unpaired) electrons. The molecule has 0 aliphatic carbocycles. The molecule has 3 heteroatoms. The number of esters is 1. The summed E-state index contributed by atoms with van der Waals surface area (Å²) in [4.78, 5) is 11.9. The summed E-state index contributed by atoms with van der Waals surface area (Å²) in [5, 5.41) is 2.15. The van der Waals surface area contributed by atoms with Crippen LogP contribution in [0.2, 0.25) is 0 Å². The number of fused-ring (bicyclic) bond motifs is 1. The van der Waals surface area contributed by atoms with Gasteiger partial charge in [-0.2, -0.15) is 0 Å². The molecule has 0 saturated heterocycles. The average molecular weight is 304 g/mol. The van der Waals surface area contributed by atoms with Crippen molar-refractivity contribution in [2.24, 2.45) is 0 Å². The lowest BCUT2D eigenvalue weighted by molar-refractivity contribution is -0.128. The van der Waals surface area contributed by atoms with Gasteiger partial charge in [-0.15, -0.1) is 0 Å². The Labute approximate surface area is 134 Å². The Balaban J connectivity index is 1.71. The lowest BCUT2D eigenvalue weighted by Crippen LogP contribution is -2.03. The molecule has 0 heterocycles. The van der Waals surface area contributed by atoms with Gasteiger partial charge >= 0.3 is 5.97 Å². The maximum atomic E-state index is 11.9. The van der Waals surface area contributed by atoms with E-state index in [-0.39, 0.29) is 0 Å². The van der Waals surface area contributed by atoms with Crippen molar-refractivity contribution in [3.63, 3.8) is 0 Å².